The molecule has 1 heteroatoms. The first-order valence-corrected chi connectivity index (χ1v) is 3.52. The second kappa shape index (κ2) is 2.94. The Morgan fingerprint density at radius 2 is 2.44 bits per heavy atom. The molecule has 0 heterocycles. The molecule has 0 aliphatic heterocycles. The van der Waals surface area contributed by atoms with Crippen LogP contribution in [0.2, 0.25) is 0 Å². The summed E-state index contributed by atoms with van der Waals surface area (Å²) < 4.78 is 0. The van der Waals surface area contributed by atoms with Crippen LogP contribution in [-0.2, 0) is 0 Å². The Hall–Kier alpha value is -0.410. The minimum atomic E-state index is 0.225. The van der Waals surface area contributed by atoms with Gasteiger partial charge in [-0.2, -0.15) is 0 Å². The van der Waals surface area contributed by atoms with Gasteiger partial charge in [-0.3, -0.25) is 0 Å². The summed E-state index contributed by atoms with van der Waals surface area (Å²) in [4.78, 5) is 0. The third-order valence-electron chi connectivity index (χ3n) is 1.50. The highest BCUT2D eigenvalue weighted by atomic mass is 35.5. The van der Waals surface area contributed by atoms with Gasteiger partial charge in [0.1, 0.15) is 0 Å². The highest BCUT2D eigenvalue weighted by molar-refractivity contribution is 6.22. The lowest BCUT2D eigenvalue weighted by molar-refractivity contribution is 0.657. The summed E-state index contributed by atoms with van der Waals surface area (Å²) in [5, 5.41) is 0.225. The van der Waals surface area contributed by atoms with Crippen molar-refractivity contribution >= 4 is 11.6 Å². The normalized spacial score (nSPS) is 32.4. The SMILES string of the molecule is C#CCC1C=CC(Cl)C1. The molecule has 0 nitrogen and oxygen atoms in total. The fraction of sp³-hybridized carbons (Fsp3) is 0.500. The Labute approximate surface area is 60.9 Å². The molecule has 0 aromatic carbocycles. The Balaban J connectivity index is 2.34. The Morgan fingerprint density at radius 1 is 1.67 bits per heavy atom. The molecule has 0 aromatic rings. The number of allylic oxidation sites excluding steroid dienone is 2. The van der Waals surface area contributed by atoms with Gasteiger partial charge in [0.25, 0.3) is 0 Å². The first-order valence-electron chi connectivity index (χ1n) is 3.09. The van der Waals surface area contributed by atoms with Crippen LogP contribution >= 0.6 is 11.6 Å². The molecular formula is C8H9Cl. The predicted octanol–water partition coefficient (Wildman–Crippen LogP) is 2.19. The number of hydrogen-bond donors (Lipinski definition) is 0. The average Bonchev–Trinajstić information content (AvgIpc) is 2.17. The molecular weight excluding hydrogens is 132 g/mol. The van der Waals surface area contributed by atoms with E-state index >= 15 is 0 Å². The zero-order valence-electron chi connectivity index (χ0n) is 5.18. The van der Waals surface area contributed by atoms with Gasteiger partial charge in [-0.15, -0.1) is 23.9 Å². The Kier molecular flexibility index (Phi) is 2.19. The van der Waals surface area contributed by atoms with E-state index in [1.165, 1.54) is 0 Å². The summed E-state index contributed by atoms with van der Waals surface area (Å²) >= 11 is 5.79. The molecule has 2 atom stereocenters. The van der Waals surface area contributed by atoms with E-state index < -0.39 is 0 Å². The first-order chi connectivity index (χ1) is 4.33. The number of alkyl halides is 1. The van der Waals surface area contributed by atoms with Crippen molar-refractivity contribution in [2.24, 2.45) is 5.92 Å². The van der Waals surface area contributed by atoms with E-state index in [9.17, 15) is 0 Å². The van der Waals surface area contributed by atoms with Crippen molar-refractivity contribution in [2.45, 2.75) is 18.2 Å². The highest BCUT2D eigenvalue weighted by Gasteiger charge is 2.14. The average molecular weight is 141 g/mol. The topological polar surface area (TPSA) is 0 Å². The van der Waals surface area contributed by atoms with Crippen LogP contribution in [0.25, 0.3) is 0 Å². The van der Waals surface area contributed by atoms with Crippen LogP contribution in [0.5, 0.6) is 0 Å². The van der Waals surface area contributed by atoms with E-state index in [1.54, 1.807) is 0 Å². The molecule has 48 valence electrons. The van der Waals surface area contributed by atoms with E-state index in [4.69, 9.17) is 18.0 Å². The molecule has 1 aliphatic carbocycles. The second-order valence-corrected chi connectivity index (χ2v) is 2.87. The van der Waals surface area contributed by atoms with Gasteiger partial charge >= 0.3 is 0 Å². The van der Waals surface area contributed by atoms with Gasteiger partial charge in [0.05, 0.1) is 5.38 Å². The summed E-state index contributed by atoms with van der Waals surface area (Å²) in [6, 6.07) is 0. The molecule has 0 radical (unpaired) electrons. The molecule has 1 rings (SSSR count). The summed E-state index contributed by atoms with van der Waals surface area (Å²) in [5.74, 6) is 3.16. The molecule has 0 saturated carbocycles. The largest absolute Gasteiger partial charge is 0.120 e. The number of rotatable bonds is 1. The standard InChI is InChI=1S/C8H9Cl/c1-2-3-7-4-5-8(9)6-7/h1,4-5,7-8H,3,6H2. The van der Waals surface area contributed by atoms with E-state index in [1.807, 2.05) is 6.08 Å². The van der Waals surface area contributed by atoms with E-state index in [-0.39, 0.29) is 5.38 Å². The fourth-order valence-corrected chi connectivity index (χ4v) is 1.34. The molecule has 1 aliphatic rings. The van der Waals surface area contributed by atoms with Crippen LogP contribution in [0.3, 0.4) is 0 Å². The summed E-state index contributed by atoms with van der Waals surface area (Å²) in [6.45, 7) is 0. The summed E-state index contributed by atoms with van der Waals surface area (Å²) in [7, 11) is 0. The minimum Gasteiger partial charge on any atom is -0.120 e. The van der Waals surface area contributed by atoms with Crippen LogP contribution in [0, 0.1) is 18.3 Å². The van der Waals surface area contributed by atoms with Gasteiger partial charge in [-0.05, 0) is 12.3 Å². The predicted molar refractivity (Wildman–Crippen MR) is 40.3 cm³/mol. The van der Waals surface area contributed by atoms with E-state index in [2.05, 4.69) is 12.0 Å². The summed E-state index contributed by atoms with van der Waals surface area (Å²) in [6.07, 6.45) is 11.1. The Morgan fingerprint density at radius 3 is 2.89 bits per heavy atom. The van der Waals surface area contributed by atoms with Gasteiger partial charge in [-0.25, -0.2) is 0 Å². The van der Waals surface area contributed by atoms with Gasteiger partial charge < -0.3 is 0 Å². The van der Waals surface area contributed by atoms with Crippen LogP contribution in [0.1, 0.15) is 12.8 Å². The Bertz CT molecular complexity index is 152. The van der Waals surface area contributed by atoms with Gasteiger partial charge in [0.15, 0.2) is 0 Å². The molecule has 0 aromatic heterocycles. The summed E-state index contributed by atoms with van der Waals surface area (Å²) in [5.41, 5.74) is 0. The quantitative estimate of drug-likeness (QED) is 0.298. The van der Waals surface area contributed by atoms with Crippen molar-refractivity contribution in [3.63, 3.8) is 0 Å². The van der Waals surface area contributed by atoms with Crippen molar-refractivity contribution in [2.75, 3.05) is 0 Å². The fourth-order valence-electron chi connectivity index (χ4n) is 1.03. The maximum absolute atomic E-state index is 5.79. The molecule has 0 amide bonds. The maximum Gasteiger partial charge on any atom is 0.0522 e. The number of halogens is 1. The van der Waals surface area contributed by atoms with Gasteiger partial charge in [-0.1, -0.05) is 12.2 Å². The number of hydrogen-bond acceptors (Lipinski definition) is 0. The molecule has 2 unspecified atom stereocenters. The van der Waals surface area contributed by atoms with E-state index in [0.29, 0.717) is 5.92 Å². The number of terminal acetylenes is 1. The van der Waals surface area contributed by atoms with Crippen molar-refractivity contribution in [1.29, 1.82) is 0 Å². The lowest BCUT2D eigenvalue weighted by Gasteiger charge is -2.00. The first kappa shape index (κ1) is 6.71. The monoisotopic (exact) mass is 140 g/mol. The highest BCUT2D eigenvalue weighted by Crippen LogP contribution is 2.23. The molecule has 0 bridgehead atoms. The van der Waals surface area contributed by atoms with Gasteiger partial charge in [0, 0.05) is 6.42 Å². The van der Waals surface area contributed by atoms with E-state index in [0.717, 1.165) is 12.8 Å². The molecule has 0 N–H and O–H groups in total. The van der Waals surface area contributed by atoms with Gasteiger partial charge in [0.2, 0.25) is 0 Å². The van der Waals surface area contributed by atoms with Crippen LogP contribution in [-0.4, -0.2) is 5.38 Å². The van der Waals surface area contributed by atoms with Crippen molar-refractivity contribution in [3.05, 3.63) is 12.2 Å². The van der Waals surface area contributed by atoms with Crippen molar-refractivity contribution in [3.8, 4) is 12.3 Å². The van der Waals surface area contributed by atoms with Crippen molar-refractivity contribution in [1.82, 2.24) is 0 Å². The zero-order valence-corrected chi connectivity index (χ0v) is 5.93. The smallest absolute Gasteiger partial charge is 0.0522 e. The maximum atomic E-state index is 5.79. The third-order valence-corrected chi connectivity index (χ3v) is 1.82. The molecule has 0 spiro atoms. The molecule has 9 heavy (non-hydrogen) atoms. The van der Waals surface area contributed by atoms with Crippen LogP contribution in [0.4, 0.5) is 0 Å². The minimum absolute atomic E-state index is 0.225. The lowest BCUT2D eigenvalue weighted by atomic mass is 10.1. The molecule has 0 saturated heterocycles. The zero-order chi connectivity index (χ0) is 6.69. The lowest BCUT2D eigenvalue weighted by Crippen LogP contribution is -1.94. The van der Waals surface area contributed by atoms with Crippen LogP contribution < -0.4 is 0 Å². The molecule has 0 fully saturated rings. The van der Waals surface area contributed by atoms with Crippen molar-refractivity contribution < 1.29 is 0 Å². The van der Waals surface area contributed by atoms with Crippen LogP contribution in [0.15, 0.2) is 12.2 Å². The second-order valence-electron chi connectivity index (χ2n) is 2.30. The third kappa shape index (κ3) is 1.77.